The average Bonchev–Trinajstić information content (AvgIpc) is 2.84. The highest BCUT2D eigenvalue weighted by atomic mass is 79.9. The number of nitrogens with one attached hydrogen (secondary N) is 2. The molecule has 7 nitrogen and oxygen atoms in total. The Bertz CT molecular complexity index is 986. The van der Waals surface area contributed by atoms with Crippen molar-refractivity contribution in [3.63, 3.8) is 0 Å². The summed E-state index contributed by atoms with van der Waals surface area (Å²) in [7, 11) is 1.56. The molecule has 1 aliphatic rings. The summed E-state index contributed by atoms with van der Waals surface area (Å²) in [6.45, 7) is 5.56. The van der Waals surface area contributed by atoms with Crippen LogP contribution < -0.4 is 9.64 Å². The molecule has 0 amide bonds. The molecule has 2 aromatic rings. The first-order valence-corrected chi connectivity index (χ1v) is 10.3. The van der Waals surface area contributed by atoms with Crippen LogP contribution in [0.25, 0.3) is 0 Å². The maximum atomic E-state index is 11.4. The highest BCUT2D eigenvalue weighted by molar-refractivity contribution is 9.10. The van der Waals surface area contributed by atoms with Gasteiger partial charge in [0.2, 0.25) is 0 Å². The van der Waals surface area contributed by atoms with Gasteiger partial charge in [0.25, 0.3) is 0 Å². The van der Waals surface area contributed by atoms with Crippen LogP contribution in [0, 0.1) is 10.8 Å². The lowest BCUT2D eigenvalue weighted by Gasteiger charge is -2.26. The standard InChI is InChI=1S/C20H19BrN4O3.C2H6/c1-11(22)25-17-8-7-14(28-2)9-15(17)19(12-3-5-13(21)6-4-12)24-16(20(25)23)10-18(26)27;1-2/h3-9,16,22-23H,10H2,1-2H3,(H,26,27);1-2H3/t16-;/m0./s1. The van der Waals surface area contributed by atoms with Gasteiger partial charge in [-0.15, -0.1) is 0 Å². The number of ether oxygens (including phenoxy) is 1. The third-order valence-electron chi connectivity index (χ3n) is 4.36. The fraction of sp³-hybridized carbons (Fsp3) is 0.273. The number of nitrogens with zero attached hydrogens (tertiary/aromatic N) is 2. The second-order valence-electron chi connectivity index (χ2n) is 6.29. The summed E-state index contributed by atoms with van der Waals surface area (Å²) in [4.78, 5) is 17.5. The second-order valence-corrected chi connectivity index (χ2v) is 7.20. The number of hydrogen-bond donors (Lipinski definition) is 3. The fourth-order valence-corrected chi connectivity index (χ4v) is 3.36. The molecule has 0 unspecified atom stereocenters. The smallest absolute Gasteiger partial charge is 0.305 e. The molecule has 0 spiro atoms. The Balaban J connectivity index is 0.00000155. The first-order chi connectivity index (χ1) is 14.3. The van der Waals surface area contributed by atoms with E-state index in [4.69, 9.17) is 15.6 Å². The summed E-state index contributed by atoms with van der Waals surface area (Å²) < 4.78 is 6.26. The molecule has 0 fully saturated rings. The molecule has 0 aliphatic carbocycles. The number of anilines is 1. The van der Waals surface area contributed by atoms with E-state index in [0.717, 1.165) is 10.0 Å². The van der Waals surface area contributed by atoms with Gasteiger partial charge in [-0.05, 0) is 37.3 Å². The van der Waals surface area contributed by atoms with Crippen LogP contribution in [0.1, 0.15) is 38.3 Å². The highest BCUT2D eigenvalue weighted by Crippen LogP contribution is 2.33. The molecule has 1 aliphatic heterocycles. The molecule has 30 heavy (non-hydrogen) atoms. The van der Waals surface area contributed by atoms with Crippen LogP contribution in [-0.2, 0) is 4.79 Å². The van der Waals surface area contributed by atoms with Gasteiger partial charge in [-0.3, -0.25) is 25.5 Å². The maximum Gasteiger partial charge on any atom is 0.305 e. The lowest BCUT2D eigenvalue weighted by molar-refractivity contribution is -0.137. The van der Waals surface area contributed by atoms with Crippen molar-refractivity contribution in [2.75, 3.05) is 12.0 Å². The van der Waals surface area contributed by atoms with Crippen LogP contribution in [0.2, 0.25) is 0 Å². The molecule has 2 aromatic carbocycles. The topological polar surface area (TPSA) is 110 Å². The average molecular weight is 473 g/mol. The number of rotatable bonds is 4. The van der Waals surface area contributed by atoms with Crippen molar-refractivity contribution in [3.8, 4) is 5.75 Å². The van der Waals surface area contributed by atoms with Crippen molar-refractivity contribution >= 4 is 45.0 Å². The SMILES string of the molecule is CC.COc1ccc2c(c1)C(c1ccc(Br)cc1)=N[C@@H](CC(=O)O)C(=N)N2C(C)=N. The molecular formula is C22H25BrN4O3. The van der Waals surface area contributed by atoms with E-state index in [9.17, 15) is 9.90 Å². The molecule has 0 saturated carbocycles. The monoisotopic (exact) mass is 472 g/mol. The van der Waals surface area contributed by atoms with Crippen molar-refractivity contribution in [2.24, 2.45) is 4.99 Å². The van der Waals surface area contributed by atoms with E-state index in [-0.39, 0.29) is 18.1 Å². The molecule has 1 heterocycles. The van der Waals surface area contributed by atoms with Crippen molar-refractivity contribution in [1.82, 2.24) is 0 Å². The van der Waals surface area contributed by atoms with Gasteiger partial charge < -0.3 is 9.84 Å². The maximum absolute atomic E-state index is 11.4. The second kappa shape index (κ2) is 10.2. The summed E-state index contributed by atoms with van der Waals surface area (Å²) in [5.41, 5.74) is 2.60. The number of carbonyl (C=O) groups is 1. The quantitative estimate of drug-likeness (QED) is 0.431. The molecule has 8 heteroatoms. The lowest BCUT2D eigenvalue weighted by Crippen LogP contribution is -2.41. The number of carboxylic acids is 1. The third kappa shape index (κ3) is 4.94. The van der Waals surface area contributed by atoms with E-state index in [1.807, 2.05) is 38.1 Å². The first kappa shape index (κ1) is 23.3. The van der Waals surface area contributed by atoms with Crippen LogP contribution in [0.4, 0.5) is 5.69 Å². The zero-order valence-electron chi connectivity index (χ0n) is 17.4. The van der Waals surface area contributed by atoms with E-state index in [1.165, 1.54) is 4.90 Å². The molecule has 3 rings (SSSR count). The number of carboxylic acid groups (broad SMARTS) is 1. The van der Waals surface area contributed by atoms with Gasteiger partial charge in [0.1, 0.15) is 23.5 Å². The van der Waals surface area contributed by atoms with Crippen molar-refractivity contribution in [1.29, 1.82) is 10.8 Å². The Morgan fingerprint density at radius 1 is 1.23 bits per heavy atom. The van der Waals surface area contributed by atoms with Crippen molar-refractivity contribution < 1.29 is 14.6 Å². The normalized spacial score (nSPS) is 15.2. The molecule has 0 bridgehead atoms. The van der Waals surface area contributed by atoms with Crippen LogP contribution in [0.3, 0.4) is 0 Å². The number of benzene rings is 2. The number of methoxy groups -OCH3 is 1. The van der Waals surface area contributed by atoms with E-state index in [1.54, 1.807) is 32.2 Å². The van der Waals surface area contributed by atoms with Gasteiger partial charge in [0, 0.05) is 15.6 Å². The number of aliphatic carboxylic acids is 1. The van der Waals surface area contributed by atoms with Crippen LogP contribution >= 0.6 is 15.9 Å². The minimum Gasteiger partial charge on any atom is -0.497 e. The van der Waals surface area contributed by atoms with Crippen molar-refractivity contribution in [2.45, 2.75) is 33.2 Å². The Morgan fingerprint density at radius 3 is 2.40 bits per heavy atom. The van der Waals surface area contributed by atoms with Gasteiger partial charge in [-0.2, -0.15) is 0 Å². The molecule has 1 atom stereocenters. The number of aliphatic imine (C=N–C) groups is 1. The number of hydrogen-bond acceptors (Lipinski definition) is 5. The number of benzodiazepines with no additional fused rings is 1. The lowest BCUT2D eigenvalue weighted by atomic mass is 9.99. The molecule has 0 aromatic heterocycles. The summed E-state index contributed by atoms with van der Waals surface area (Å²) in [6, 6.07) is 11.9. The van der Waals surface area contributed by atoms with Crippen LogP contribution in [-0.4, -0.2) is 41.6 Å². The Morgan fingerprint density at radius 2 is 1.87 bits per heavy atom. The zero-order chi connectivity index (χ0) is 22.4. The molecular weight excluding hydrogens is 448 g/mol. The highest BCUT2D eigenvalue weighted by Gasteiger charge is 2.32. The Hall–Kier alpha value is -3.00. The summed E-state index contributed by atoms with van der Waals surface area (Å²) in [5.74, 6) is -0.387. The van der Waals surface area contributed by atoms with Crippen molar-refractivity contribution in [3.05, 3.63) is 58.1 Å². The zero-order valence-corrected chi connectivity index (χ0v) is 18.9. The minimum atomic E-state index is -1.06. The Labute approximate surface area is 184 Å². The number of fused-ring (bicyclic) bond motifs is 1. The largest absolute Gasteiger partial charge is 0.497 e. The van der Waals surface area contributed by atoms with Gasteiger partial charge in [0.05, 0.1) is 24.9 Å². The van der Waals surface area contributed by atoms with E-state index < -0.39 is 12.0 Å². The van der Waals surface area contributed by atoms with Gasteiger partial charge >= 0.3 is 5.97 Å². The molecule has 3 N–H and O–H groups in total. The minimum absolute atomic E-state index is 0.0478. The fourth-order valence-electron chi connectivity index (χ4n) is 3.10. The van der Waals surface area contributed by atoms with Gasteiger partial charge in [-0.1, -0.05) is 41.9 Å². The molecule has 0 saturated heterocycles. The summed E-state index contributed by atoms with van der Waals surface area (Å²) >= 11 is 3.41. The van der Waals surface area contributed by atoms with E-state index in [2.05, 4.69) is 20.9 Å². The number of amidine groups is 2. The molecule has 158 valence electrons. The predicted molar refractivity (Wildman–Crippen MR) is 124 cm³/mol. The summed E-state index contributed by atoms with van der Waals surface area (Å²) in [6.07, 6.45) is -0.340. The molecule has 0 radical (unpaired) electrons. The van der Waals surface area contributed by atoms with Crippen LogP contribution in [0.5, 0.6) is 5.75 Å². The third-order valence-corrected chi connectivity index (χ3v) is 4.89. The van der Waals surface area contributed by atoms with Gasteiger partial charge in [-0.25, -0.2) is 0 Å². The number of halogens is 1. The van der Waals surface area contributed by atoms with E-state index >= 15 is 0 Å². The Kier molecular flexibility index (Phi) is 7.88. The van der Waals surface area contributed by atoms with Gasteiger partial charge in [0.15, 0.2) is 0 Å². The summed E-state index contributed by atoms with van der Waals surface area (Å²) in [5, 5.41) is 26.1. The van der Waals surface area contributed by atoms with E-state index in [0.29, 0.717) is 22.7 Å². The first-order valence-electron chi connectivity index (χ1n) is 9.49. The van der Waals surface area contributed by atoms with Crippen LogP contribution in [0.15, 0.2) is 51.9 Å². The predicted octanol–water partition coefficient (Wildman–Crippen LogP) is 4.96.